The number of hydrogen-bond acceptors (Lipinski definition) is 7. The zero-order chi connectivity index (χ0) is 24.0. The van der Waals surface area contributed by atoms with E-state index in [2.05, 4.69) is 6.92 Å². The molecular formula is C26H28O7. The molecule has 1 aromatic heterocycles. The summed E-state index contributed by atoms with van der Waals surface area (Å²) in [5.74, 6) is 0.241. The quantitative estimate of drug-likeness (QED) is 0.260. The van der Waals surface area contributed by atoms with Crippen molar-refractivity contribution in [2.75, 3.05) is 13.7 Å². The number of carbonyl (C=O) groups excluding carboxylic acids is 2. The van der Waals surface area contributed by atoms with Gasteiger partial charge in [-0.15, -0.1) is 0 Å². The molecule has 2 unspecified atom stereocenters. The van der Waals surface area contributed by atoms with Gasteiger partial charge < -0.3 is 18.6 Å². The Hall–Kier alpha value is -3.61. The van der Waals surface area contributed by atoms with Gasteiger partial charge in [-0.05, 0) is 67.6 Å². The Morgan fingerprint density at radius 2 is 1.73 bits per heavy atom. The van der Waals surface area contributed by atoms with Crippen LogP contribution in [0.4, 0.5) is 0 Å². The van der Waals surface area contributed by atoms with Crippen LogP contribution in [-0.4, -0.2) is 25.7 Å². The first kappa shape index (κ1) is 24.0. The summed E-state index contributed by atoms with van der Waals surface area (Å²) in [5.41, 5.74) is 0.503. The molecule has 0 fully saturated rings. The standard InChI is InChI=1S/C26H28O7/c1-5-26(3,25(29)30-4)15-17(2)18-6-9-20(10-7-18)32-24(28)16-31-21-11-12-22-19(14-21)8-13-23(27)33-22/h6-14,17H,5,15-16H2,1-4H3. The number of ether oxygens (including phenoxy) is 3. The highest BCUT2D eigenvalue weighted by atomic mass is 16.6. The lowest BCUT2D eigenvalue weighted by atomic mass is 9.77. The van der Waals surface area contributed by atoms with Crippen LogP contribution in [0.5, 0.6) is 11.5 Å². The average molecular weight is 453 g/mol. The lowest BCUT2D eigenvalue weighted by Crippen LogP contribution is -2.30. The van der Waals surface area contributed by atoms with Crippen LogP contribution < -0.4 is 15.1 Å². The van der Waals surface area contributed by atoms with Crippen LogP contribution in [0.2, 0.25) is 0 Å². The van der Waals surface area contributed by atoms with E-state index in [0.29, 0.717) is 35.3 Å². The summed E-state index contributed by atoms with van der Waals surface area (Å²) in [6, 6.07) is 15.1. The smallest absolute Gasteiger partial charge is 0.349 e. The van der Waals surface area contributed by atoms with Crippen molar-refractivity contribution < 1.29 is 28.2 Å². The van der Waals surface area contributed by atoms with Crippen LogP contribution in [0.1, 0.15) is 45.1 Å². The molecule has 7 heteroatoms. The molecule has 3 rings (SSSR count). The third-order valence-corrected chi connectivity index (χ3v) is 5.84. The van der Waals surface area contributed by atoms with Gasteiger partial charge in [-0.2, -0.15) is 0 Å². The van der Waals surface area contributed by atoms with Gasteiger partial charge in [0.2, 0.25) is 0 Å². The molecule has 0 spiro atoms. The molecule has 0 saturated carbocycles. The Morgan fingerprint density at radius 1 is 1.03 bits per heavy atom. The van der Waals surface area contributed by atoms with Gasteiger partial charge in [0.25, 0.3) is 0 Å². The average Bonchev–Trinajstić information content (AvgIpc) is 2.82. The largest absolute Gasteiger partial charge is 0.482 e. The highest BCUT2D eigenvalue weighted by Crippen LogP contribution is 2.36. The van der Waals surface area contributed by atoms with E-state index in [1.54, 1.807) is 36.4 Å². The van der Waals surface area contributed by atoms with E-state index in [0.717, 1.165) is 5.56 Å². The van der Waals surface area contributed by atoms with Gasteiger partial charge in [0, 0.05) is 11.5 Å². The second kappa shape index (κ2) is 10.3. The van der Waals surface area contributed by atoms with E-state index in [1.807, 2.05) is 26.0 Å². The Kier molecular flexibility index (Phi) is 7.53. The van der Waals surface area contributed by atoms with Gasteiger partial charge in [-0.1, -0.05) is 26.0 Å². The third kappa shape index (κ3) is 6.00. The van der Waals surface area contributed by atoms with E-state index in [1.165, 1.54) is 13.2 Å². The van der Waals surface area contributed by atoms with Crippen LogP contribution in [0.3, 0.4) is 0 Å². The molecule has 0 N–H and O–H groups in total. The molecule has 2 aromatic carbocycles. The molecule has 0 aliphatic heterocycles. The Balaban J connectivity index is 1.56. The van der Waals surface area contributed by atoms with Crippen LogP contribution in [-0.2, 0) is 14.3 Å². The summed E-state index contributed by atoms with van der Waals surface area (Å²) in [6.07, 6.45) is 1.34. The fourth-order valence-corrected chi connectivity index (χ4v) is 3.72. The molecule has 174 valence electrons. The van der Waals surface area contributed by atoms with Crippen molar-refractivity contribution >= 4 is 22.9 Å². The van der Waals surface area contributed by atoms with Gasteiger partial charge in [0.15, 0.2) is 6.61 Å². The molecule has 0 bridgehead atoms. The first-order valence-electron chi connectivity index (χ1n) is 10.8. The van der Waals surface area contributed by atoms with Gasteiger partial charge in [0.05, 0.1) is 12.5 Å². The Morgan fingerprint density at radius 3 is 2.39 bits per heavy atom. The van der Waals surface area contributed by atoms with Gasteiger partial charge in [-0.25, -0.2) is 9.59 Å². The molecule has 2 atom stereocenters. The van der Waals surface area contributed by atoms with E-state index >= 15 is 0 Å². The topological polar surface area (TPSA) is 92.0 Å². The van der Waals surface area contributed by atoms with Crippen molar-refractivity contribution in [1.82, 2.24) is 0 Å². The third-order valence-electron chi connectivity index (χ3n) is 5.84. The first-order chi connectivity index (χ1) is 15.7. The van der Waals surface area contributed by atoms with Gasteiger partial charge in [-0.3, -0.25) is 4.79 Å². The lowest BCUT2D eigenvalue weighted by molar-refractivity contribution is -0.152. The normalized spacial score (nSPS) is 13.7. The summed E-state index contributed by atoms with van der Waals surface area (Å²) in [5, 5.41) is 0.691. The first-order valence-corrected chi connectivity index (χ1v) is 10.8. The van der Waals surface area contributed by atoms with Crippen LogP contribution in [0.25, 0.3) is 11.0 Å². The number of benzene rings is 2. The van der Waals surface area contributed by atoms with Crippen molar-refractivity contribution in [1.29, 1.82) is 0 Å². The van der Waals surface area contributed by atoms with Crippen molar-refractivity contribution in [2.45, 2.75) is 39.5 Å². The molecule has 0 saturated heterocycles. The second-order valence-electron chi connectivity index (χ2n) is 8.30. The van der Waals surface area contributed by atoms with Gasteiger partial charge >= 0.3 is 17.6 Å². The summed E-state index contributed by atoms with van der Waals surface area (Å²) >= 11 is 0. The van der Waals surface area contributed by atoms with Crippen LogP contribution in [0.15, 0.2) is 63.8 Å². The molecule has 0 radical (unpaired) electrons. The SMILES string of the molecule is CCC(C)(CC(C)c1ccc(OC(=O)COc2ccc3oc(=O)ccc3c2)cc1)C(=O)OC. The number of rotatable bonds is 9. The minimum absolute atomic E-state index is 0.125. The number of methoxy groups -OCH3 is 1. The number of hydrogen-bond donors (Lipinski definition) is 0. The number of esters is 2. The Bertz CT molecular complexity index is 1180. The van der Waals surface area contributed by atoms with Crippen LogP contribution in [0, 0.1) is 5.41 Å². The van der Waals surface area contributed by atoms with Crippen molar-refractivity contribution in [3.8, 4) is 11.5 Å². The molecule has 33 heavy (non-hydrogen) atoms. The monoisotopic (exact) mass is 452 g/mol. The predicted octanol–water partition coefficient (Wildman–Crippen LogP) is 4.86. The second-order valence-corrected chi connectivity index (χ2v) is 8.30. The zero-order valence-electron chi connectivity index (χ0n) is 19.3. The van der Waals surface area contributed by atoms with E-state index in [4.69, 9.17) is 18.6 Å². The minimum Gasteiger partial charge on any atom is -0.482 e. The fraction of sp³-hybridized carbons (Fsp3) is 0.346. The molecule has 7 nitrogen and oxygen atoms in total. The van der Waals surface area contributed by atoms with E-state index in [9.17, 15) is 14.4 Å². The highest BCUT2D eigenvalue weighted by Gasteiger charge is 2.34. The van der Waals surface area contributed by atoms with Crippen molar-refractivity contribution in [3.05, 3.63) is 70.6 Å². The molecule has 0 aliphatic rings. The van der Waals surface area contributed by atoms with Crippen molar-refractivity contribution in [2.24, 2.45) is 5.41 Å². The number of carbonyl (C=O) groups is 2. The maximum atomic E-state index is 12.2. The van der Waals surface area contributed by atoms with E-state index in [-0.39, 0.29) is 18.5 Å². The highest BCUT2D eigenvalue weighted by molar-refractivity contribution is 5.78. The van der Waals surface area contributed by atoms with E-state index < -0.39 is 17.0 Å². The molecule has 0 aliphatic carbocycles. The molecule has 1 heterocycles. The maximum Gasteiger partial charge on any atom is 0.349 e. The predicted molar refractivity (Wildman–Crippen MR) is 124 cm³/mol. The Labute approximate surface area is 192 Å². The summed E-state index contributed by atoms with van der Waals surface area (Å²) in [6.45, 7) is 5.68. The van der Waals surface area contributed by atoms with Crippen molar-refractivity contribution in [3.63, 3.8) is 0 Å². The minimum atomic E-state index is -0.551. The fourth-order valence-electron chi connectivity index (χ4n) is 3.72. The summed E-state index contributed by atoms with van der Waals surface area (Å²) < 4.78 is 20.9. The maximum absolute atomic E-state index is 12.2. The lowest BCUT2D eigenvalue weighted by Gasteiger charge is -2.28. The van der Waals surface area contributed by atoms with Gasteiger partial charge in [0.1, 0.15) is 17.1 Å². The van der Waals surface area contributed by atoms with Crippen LogP contribution >= 0.6 is 0 Å². The summed E-state index contributed by atoms with van der Waals surface area (Å²) in [4.78, 5) is 35.6. The zero-order valence-corrected chi connectivity index (χ0v) is 19.3. The molecule has 0 amide bonds. The summed E-state index contributed by atoms with van der Waals surface area (Å²) in [7, 11) is 1.41. The molecule has 3 aromatic rings. The number of fused-ring (bicyclic) bond motifs is 1. The molecular weight excluding hydrogens is 424 g/mol.